The number of anilines is 4. The van der Waals surface area contributed by atoms with Crippen molar-refractivity contribution in [3.05, 3.63) is 48.0 Å². The summed E-state index contributed by atoms with van der Waals surface area (Å²) >= 11 is 0. The smallest absolute Gasteiger partial charge is 0.241 e. The second kappa shape index (κ2) is 9.82. The molecular weight excluding hydrogens is 416 g/mol. The number of carbonyl (C=O) groups is 2. The molecule has 166 valence electrons. The van der Waals surface area contributed by atoms with Gasteiger partial charge in [-0.15, -0.1) is 0 Å². The van der Waals surface area contributed by atoms with E-state index >= 15 is 0 Å². The molecule has 1 aliphatic heterocycles. The van der Waals surface area contributed by atoms with Gasteiger partial charge in [0.05, 0.1) is 11.4 Å². The second-order valence-corrected chi connectivity index (χ2v) is 9.46. The monoisotopic (exact) mass is 444 g/mol. The molecule has 8 nitrogen and oxygen atoms in total. The van der Waals surface area contributed by atoms with Crippen molar-refractivity contribution < 1.29 is 18.0 Å². The van der Waals surface area contributed by atoms with Crippen LogP contribution in [0.1, 0.15) is 31.7 Å². The minimum absolute atomic E-state index is 0.290. The lowest BCUT2D eigenvalue weighted by atomic mass is 10.1. The first-order chi connectivity index (χ1) is 14.7. The summed E-state index contributed by atoms with van der Waals surface area (Å²) in [4.78, 5) is 26.0. The van der Waals surface area contributed by atoms with Crippen LogP contribution in [0, 0.1) is 6.92 Å². The van der Waals surface area contributed by atoms with Crippen LogP contribution in [0.5, 0.6) is 0 Å². The molecule has 0 aromatic heterocycles. The average Bonchev–Trinajstić information content (AvgIpc) is 2.70. The van der Waals surface area contributed by atoms with Gasteiger partial charge in [-0.1, -0.05) is 6.07 Å². The third-order valence-corrected chi connectivity index (χ3v) is 6.13. The Balaban J connectivity index is 1.62. The summed E-state index contributed by atoms with van der Waals surface area (Å²) in [7, 11) is -3.90. The molecule has 0 aliphatic carbocycles. The van der Waals surface area contributed by atoms with Gasteiger partial charge in [-0.3, -0.25) is 14.3 Å². The fourth-order valence-corrected chi connectivity index (χ4v) is 4.51. The minimum Gasteiger partial charge on any atom is -0.372 e. The van der Waals surface area contributed by atoms with Gasteiger partial charge in [0, 0.05) is 31.4 Å². The summed E-state index contributed by atoms with van der Waals surface area (Å²) in [6.45, 7) is 5.20. The molecule has 1 heterocycles. The van der Waals surface area contributed by atoms with Gasteiger partial charge < -0.3 is 15.5 Å². The van der Waals surface area contributed by atoms with Crippen molar-refractivity contribution in [1.29, 1.82) is 0 Å². The highest BCUT2D eigenvalue weighted by molar-refractivity contribution is 7.93. The molecule has 0 bridgehead atoms. The molecule has 0 atom stereocenters. The van der Waals surface area contributed by atoms with Crippen LogP contribution < -0.4 is 20.3 Å². The van der Waals surface area contributed by atoms with Gasteiger partial charge in [0.2, 0.25) is 21.8 Å². The highest BCUT2D eigenvalue weighted by Crippen LogP contribution is 2.24. The fourth-order valence-electron chi connectivity index (χ4n) is 3.53. The molecule has 3 N–H and O–H groups in total. The molecule has 3 rings (SSSR count). The number of hydrogen-bond acceptors (Lipinski definition) is 5. The average molecular weight is 445 g/mol. The number of rotatable bonds is 7. The molecule has 0 radical (unpaired) electrons. The van der Waals surface area contributed by atoms with E-state index in [4.69, 9.17) is 0 Å². The van der Waals surface area contributed by atoms with Gasteiger partial charge in [0.15, 0.2) is 0 Å². The zero-order valence-electron chi connectivity index (χ0n) is 17.8. The van der Waals surface area contributed by atoms with Crippen molar-refractivity contribution in [3.8, 4) is 0 Å². The predicted octanol–water partition coefficient (Wildman–Crippen LogP) is 3.32. The molecule has 2 amide bonds. The van der Waals surface area contributed by atoms with Crippen molar-refractivity contribution in [1.82, 2.24) is 0 Å². The number of carbonyl (C=O) groups excluding carboxylic acids is 2. The van der Waals surface area contributed by atoms with E-state index in [1.165, 1.54) is 13.3 Å². The summed E-state index contributed by atoms with van der Waals surface area (Å²) < 4.78 is 27.4. The van der Waals surface area contributed by atoms with Gasteiger partial charge in [0.25, 0.3) is 0 Å². The lowest BCUT2D eigenvalue weighted by Gasteiger charge is -2.28. The minimum atomic E-state index is -3.90. The first kappa shape index (κ1) is 22.6. The molecule has 9 heteroatoms. The highest BCUT2D eigenvalue weighted by atomic mass is 32.2. The maximum absolute atomic E-state index is 12.5. The molecule has 1 fully saturated rings. The molecule has 1 saturated heterocycles. The summed E-state index contributed by atoms with van der Waals surface area (Å²) in [5, 5.41) is 5.19. The Kier molecular flexibility index (Phi) is 7.17. The normalized spacial score (nSPS) is 14.1. The van der Waals surface area contributed by atoms with Crippen LogP contribution in [0.3, 0.4) is 0 Å². The number of nitrogens with zero attached hydrogens (tertiary/aromatic N) is 1. The molecule has 31 heavy (non-hydrogen) atoms. The van der Waals surface area contributed by atoms with Crippen LogP contribution in [0.4, 0.5) is 22.7 Å². The summed E-state index contributed by atoms with van der Waals surface area (Å²) in [5.41, 5.74) is 3.08. The van der Waals surface area contributed by atoms with Gasteiger partial charge in [-0.05, 0) is 68.1 Å². The Morgan fingerprint density at radius 3 is 2.26 bits per heavy atom. The van der Waals surface area contributed by atoms with E-state index in [0.29, 0.717) is 17.1 Å². The van der Waals surface area contributed by atoms with E-state index in [1.54, 1.807) is 30.3 Å². The molecule has 0 saturated carbocycles. The van der Waals surface area contributed by atoms with E-state index in [9.17, 15) is 18.0 Å². The Bertz CT molecular complexity index is 1050. The van der Waals surface area contributed by atoms with Crippen molar-refractivity contribution in [2.45, 2.75) is 33.1 Å². The Hall–Kier alpha value is -3.07. The van der Waals surface area contributed by atoms with Gasteiger partial charge in [-0.2, -0.15) is 0 Å². The maximum atomic E-state index is 12.5. The van der Waals surface area contributed by atoms with Crippen LogP contribution >= 0.6 is 0 Å². The highest BCUT2D eigenvalue weighted by Gasteiger charge is 2.18. The lowest BCUT2D eigenvalue weighted by molar-refractivity contribution is -0.115. The number of piperidine rings is 1. The molecule has 2 aromatic rings. The quantitative estimate of drug-likeness (QED) is 0.607. The lowest BCUT2D eigenvalue weighted by Crippen LogP contribution is -2.29. The number of hydrogen-bond donors (Lipinski definition) is 3. The van der Waals surface area contributed by atoms with E-state index in [-0.39, 0.29) is 5.91 Å². The van der Waals surface area contributed by atoms with Crippen LogP contribution in [0.2, 0.25) is 0 Å². The number of amides is 2. The van der Waals surface area contributed by atoms with Crippen LogP contribution in [-0.4, -0.2) is 39.1 Å². The van der Waals surface area contributed by atoms with E-state index in [2.05, 4.69) is 20.3 Å². The number of benzene rings is 2. The van der Waals surface area contributed by atoms with Crippen LogP contribution in [0.15, 0.2) is 42.5 Å². The van der Waals surface area contributed by atoms with Crippen molar-refractivity contribution in [2.75, 3.05) is 39.1 Å². The zero-order valence-corrected chi connectivity index (χ0v) is 18.6. The third-order valence-electron chi connectivity index (χ3n) is 4.94. The summed E-state index contributed by atoms with van der Waals surface area (Å²) in [6, 6.07) is 12.3. The molecule has 0 unspecified atom stereocenters. The Morgan fingerprint density at radius 1 is 0.935 bits per heavy atom. The van der Waals surface area contributed by atoms with Crippen molar-refractivity contribution in [2.24, 2.45) is 0 Å². The maximum Gasteiger partial charge on any atom is 0.241 e. The first-order valence-corrected chi connectivity index (χ1v) is 11.9. The number of aryl methyl sites for hydroxylation is 1. The number of nitrogens with one attached hydrogen (secondary N) is 3. The van der Waals surface area contributed by atoms with E-state index < -0.39 is 21.7 Å². The standard InChI is InChI=1S/C22H28N4O4S/c1-16-6-11-20(23-17(2)27)21(14-16)24-22(28)15-31(29,30)25-18-7-9-19(10-8-18)26-12-4-3-5-13-26/h6-11,14,25H,3-5,12-13,15H2,1-2H3,(H,23,27)(H,24,28). The summed E-state index contributed by atoms with van der Waals surface area (Å²) in [5.74, 6) is -1.73. The summed E-state index contributed by atoms with van der Waals surface area (Å²) in [6.07, 6.45) is 3.56. The molecule has 0 spiro atoms. The second-order valence-electron chi connectivity index (χ2n) is 7.73. The van der Waals surface area contributed by atoms with Gasteiger partial charge in [-0.25, -0.2) is 8.42 Å². The van der Waals surface area contributed by atoms with Crippen LogP contribution in [0.25, 0.3) is 0 Å². The SMILES string of the molecule is CC(=O)Nc1ccc(C)cc1NC(=O)CS(=O)(=O)Nc1ccc(N2CCCCC2)cc1. The molecular formula is C22H28N4O4S. The molecule has 2 aromatic carbocycles. The van der Waals surface area contributed by atoms with Gasteiger partial charge >= 0.3 is 0 Å². The zero-order chi connectivity index (χ0) is 22.4. The van der Waals surface area contributed by atoms with Crippen molar-refractivity contribution in [3.63, 3.8) is 0 Å². The Labute approximate surface area is 183 Å². The third kappa shape index (κ3) is 6.71. The van der Waals surface area contributed by atoms with E-state index in [1.807, 2.05) is 19.1 Å². The first-order valence-electron chi connectivity index (χ1n) is 10.3. The van der Waals surface area contributed by atoms with Gasteiger partial charge in [0.1, 0.15) is 5.75 Å². The fraction of sp³-hybridized carbons (Fsp3) is 0.364. The number of sulfonamides is 1. The Morgan fingerprint density at radius 2 is 1.61 bits per heavy atom. The predicted molar refractivity (Wildman–Crippen MR) is 124 cm³/mol. The van der Waals surface area contributed by atoms with E-state index in [0.717, 1.165) is 37.2 Å². The molecule has 1 aliphatic rings. The topological polar surface area (TPSA) is 108 Å². The largest absolute Gasteiger partial charge is 0.372 e. The van der Waals surface area contributed by atoms with Crippen LogP contribution in [-0.2, 0) is 19.6 Å². The van der Waals surface area contributed by atoms with Crippen molar-refractivity contribution >= 4 is 44.6 Å².